The van der Waals surface area contributed by atoms with E-state index < -0.39 is 35.7 Å². The summed E-state index contributed by atoms with van der Waals surface area (Å²) in [7, 11) is 0. The molecule has 13 heteroatoms. The summed E-state index contributed by atoms with van der Waals surface area (Å²) in [6.45, 7) is -0.329. The molecule has 0 amide bonds. The van der Waals surface area contributed by atoms with Gasteiger partial charge in [0.2, 0.25) is 0 Å². The van der Waals surface area contributed by atoms with Crippen molar-refractivity contribution in [3.63, 3.8) is 0 Å². The van der Waals surface area contributed by atoms with Crippen molar-refractivity contribution in [3.8, 4) is 11.5 Å². The van der Waals surface area contributed by atoms with Gasteiger partial charge in [0.25, 0.3) is 0 Å². The third kappa shape index (κ3) is 6.98. The smallest absolute Gasteiger partial charge is 0.489 e. The first-order chi connectivity index (χ1) is 17.1. The van der Waals surface area contributed by atoms with E-state index in [2.05, 4.69) is 10.1 Å². The van der Waals surface area contributed by atoms with Gasteiger partial charge in [0.15, 0.2) is 0 Å². The molecule has 0 aliphatic rings. The molecule has 37 heavy (non-hydrogen) atoms. The van der Waals surface area contributed by atoms with Crippen molar-refractivity contribution >= 4 is 5.69 Å². The van der Waals surface area contributed by atoms with Crippen LogP contribution in [-0.4, -0.2) is 18.5 Å². The van der Waals surface area contributed by atoms with Crippen LogP contribution in [0.25, 0.3) is 0 Å². The molecule has 0 heterocycles. The molecular weight excluding hydrogens is 524 g/mol. The molecule has 0 saturated heterocycles. The molecule has 1 N–H and O–H groups in total. The fourth-order valence-electron chi connectivity index (χ4n) is 3.13. The molecule has 0 aliphatic carbocycles. The lowest BCUT2D eigenvalue weighted by molar-refractivity contribution is -0.359. The highest BCUT2D eigenvalue weighted by atomic mass is 19.4. The van der Waals surface area contributed by atoms with Gasteiger partial charge < -0.3 is 14.8 Å². The highest BCUT2D eigenvalue weighted by Crippen LogP contribution is 2.51. The number of hydrogen-bond donors (Lipinski definition) is 1. The van der Waals surface area contributed by atoms with Gasteiger partial charge in [-0.3, -0.25) is 0 Å². The summed E-state index contributed by atoms with van der Waals surface area (Å²) in [6.07, 6.45) is -11.3. The van der Waals surface area contributed by atoms with Crippen LogP contribution in [0.3, 0.4) is 0 Å². The lowest BCUT2D eigenvalue weighted by atomic mass is 9.99. The molecule has 3 aromatic carbocycles. The Kier molecular flexibility index (Phi) is 7.84. The maximum atomic E-state index is 14.0. The van der Waals surface area contributed by atoms with Crippen molar-refractivity contribution in [2.45, 2.75) is 37.5 Å². The van der Waals surface area contributed by atoms with Crippen molar-refractivity contribution < 1.29 is 53.4 Å². The lowest BCUT2D eigenvalue weighted by Gasteiger charge is -2.28. The molecule has 0 radical (unpaired) electrons. The average Bonchev–Trinajstić information content (AvgIpc) is 2.80. The van der Waals surface area contributed by atoms with Crippen LogP contribution >= 0.6 is 0 Å². The van der Waals surface area contributed by atoms with Crippen molar-refractivity contribution in [2.24, 2.45) is 0 Å². The van der Waals surface area contributed by atoms with Gasteiger partial charge in [-0.15, -0.1) is 13.2 Å². The predicted octanol–water partition coefficient (Wildman–Crippen LogP) is 8.07. The van der Waals surface area contributed by atoms with Crippen LogP contribution in [0.4, 0.5) is 49.6 Å². The van der Waals surface area contributed by atoms with Gasteiger partial charge in [-0.25, -0.2) is 0 Å². The molecule has 0 spiro atoms. The maximum absolute atomic E-state index is 14.0. The van der Waals surface area contributed by atoms with Crippen LogP contribution in [0.5, 0.6) is 11.5 Å². The Bertz CT molecular complexity index is 1210. The quantitative estimate of drug-likeness (QED) is 0.278. The Hall–Kier alpha value is -3.64. The summed E-state index contributed by atoms with van der Waals surface area (Å²) in [4.78, 5) is 0. The second-order valence-electron chi connectivity index (χ2n) is 7.71. The van der Waals surface area contributed by atoms with E-state index in [1.807, 2.05) is 0 Å². The summed E-state index contributed by atoms with van der Waals surface area (Å²) < 4.78 is 139. The van der Waals surface area contributed by atoms with Crippen LogP contribution < -0.4 is 14.8 Å². The first-order valence-electron chi connectivity index (χ1n) is 10.3. The van der Waals surface area contributed by atoms with Crippen molar-refractivity contribution in [1.29, 1.82) is 0 Å². The Morgan fingerprint density at radius 3 is 1.95 bits per heavy atom. The molecule has 3 aromatic rings. The molecule has 0 saturated carbocycles. The predicted molar refractivity (Wildman–Crippen MR) is 113 cm³/mol. The van der Waals surface area contributed by atoms with Crippen molar-refractivity contribution in [3.05, 3.63) is 89.5 Å². The van der Waals surface area contributed by atoms with E-state index >= 15 is 0 Å². The number of alkyl halides is 10. The third-order valence-electron chi connectivity index (χ3n) is 4.91. The van der Waals surface area contributed by atoms with Crippen LogP contribution in [0.15, 0.2) is 72.8 Å². The fraction of sp³-hybridized carbons (Fsp3) is 0.250. The Morgan fingerprint density at radius 2 is 1.27 bits per heavy atom. The highest BCUT2D eigenvalue weighted by Gasteiger charge is 2.73. The molecule has 0 aromatic heterocycles. The van der Waals surface area contributed by atoms with Crippen molar-refractivity contribution in [2.75, 3.05) is 5.32 Å². The van der Waals surface area contributed by atoms with Gasteiger partial charge in [-0.2, -0.15) is 30.7 Å². The Balaban J connectivity index is 1.65. The minimum absolute atomic E-state index is 0.00273. The molecular formula is C24H17F10NO2. The Labute approximate surface area is 203 Å². The van der Waals surface area contributed by atoms with E-state index in [-0.39, 0.29) is 24.5 Å². The van der Waals surface area contributed by atoms with Gasteiger partial charge in [-0.1, -0.05) is 36.4 Å². The largest absolute Gasteiger partial charge is 0.573 e. The first kappa shape index (κ1) is 27.9. The van der Waals surface area contributed by atoms with Gasteiger partial charge in [-0.05, 0) is 41.5 Å². The topological polar surface area (TPSA) is 30.5 Å². The number of hydrogen-bond acceptors (Lipinski definition) is 3. The lowest BCUT2D eigenvalue weighted by Crippen LogP contribution is -2.50. The first-order valence-corrected chi connectivity index (χ1v) is 10.3. The number of nitrogens with one attached hydrogen (secondary N) is 1. The van der Waals surface area contributed by atoms with Gasteiger partial charge >= 0.3 is 24.4 Å². The zero-order chi connectivity index (χ0) is 27.5. The summed E-state index contributed by atoms with van der Waals surface area (Å²) in [5.74, 6) is -11.9. The minimum Gasteiger partial charge on any atom is -0.489 e. The molecule has 3 nitrogen and oxygen atoms in total. The third-order valence-corrected chi connectivity index (χ3v) is 4.91. The van der Waals surface area contributed by atoms with Crippen LogP contribution in [0, 0.1) is 0 Å². The molecule has 0 fully saturated rings. The number of halogens is 10. The summed E-state index contributed by atoms with van der Waals surface area (Å²) in [5, 5.41) is 2.80. The van der Waals surface area contributed by atoms with Gasteiger partial charge in [0.05, 0.1) is 0 Å². The summed E-state index contributed by atoms with van der Waals surface area (Å²) >= 11 is 0. The monoisotopic (exact) mass is 541 g/mol. The van der Waals surface area contributed by atoms with E-state index in [4.69, 9.17) is 4.74 Å². The van der Waals surface area contributed by atoms with E-state index in [0.29, 0.717) is 23.4 Å². The Morgan fingerprint density at radius 1 is 0.649 bits per heavy atom. The van der Waals surface area contributed by atoms with E-state index in [0.717, 1.165) is 18.2 Å². The second kappa shape index (κ2) is 10.4. The summed E-state index contributed by atoms with van der Waals surface area (Å²) in [5.41, 5.74) is -0.746. The molecule has 3 rings (SSSR count). The zero-order valence-corrected chi connectivity index (χ0v) is 18.4. The summed E-state index contributed by atoms with van der Waals surface area (Å²) in [6, 6.07) is 14.4. The number of anilines is 1. The zero-order valence-electron chi connectivity index (χ0n) is 18.4. The molecule has 200 valence electrons. The van der Waals surface area contributed by atoms with Gasteiger partial charge in [0.1, 0.15) is 18.1 Å². The van der Waals surface area contributed by atoms with Gasteiger partial charge in [0, 0.05) is 23.9 Å². The van der Waals surface area contributed by atoms with Crippen LogP contribution in [0.2, 0.25) is 0 Å². The normalized spacial score (nSPS) is 12.8. The number of benzene rings is 3. The number of rotatable bonds is 9. The number of ether oxygens (including phenoxy) is 2. The fourth-order valence-corrected chi connectivity index (χ4v) is 3.13. The standard InChI is InChI=1S/C24H17F10NO2/c25-21(26,22(27,28)23(29,30)31)17-6-1-4-15(10-17)13-35-18-7-3-8-19(12-18)36-14-16-5-2-9-20(11-16)37-24(32,33)34/h1-12,35H,13-14H2. The van der Waals surface area contributed by atoms with E-state index in [1.54, 1.807) is 6.07 Å². The van der Waals surface area contributed by atoms with E-state index in [1.165, 1.54) is 36.4 Å². The molecule has 0 aliphatic heterocycles. The second-order valence-corrected chi connectivity index (χ2v) is 7.71. The van der Waals surface area contributed by atoms with E-state index in [9.17, 15) is 43.9 Å². The van der Waals surface area contributed by atoms with Crippen LogP contribution in [0.1, 0.15) is 16.7 Å². The van der Waals surface area contributed by atoms with Crippen LogP contribution in [-0.2, 0) is 19.1 Å². The van der Waals surface area contributed by atoms with Crippen molar-refractivity contribution in [1.82, 2.24) is 0 Å². The minimum atomic E-state index is -6.45. The molecule has 0 atom stereocenters. The SMILES string of the molecule is FC(F)(F)Oc1cccc(COc2cccc(NCc3cccc(C(F)(F)C(F)(F)C(F)(F)F)c3)c2)c1. The highest BCUT2D eigenvalue weighted by molar-refractivity contribution is 5.49. The maximum Gasteiger partial charge on any atom is 0.573 e. The molecule has 0 unspecified atom stereocenters. The molecule has 0 bridgehead atoms. The average molecular weight is 541 g/mol.